The second-order valence-corrected chi connectivity index (χ2v) is 5.74. The Labute approximate surface area is 135 Å². The minimum Gasteiger partial charge on any atom is -0.337 e. The molecule has 7 heteroatoms. The molecular formula is C16H22FN3O3. The molecule has 3 amide bonds. The highest BCUT2D eigenvalue weighted by molar-refractivity contribution is 6.39. The number of benzene rings is 1. The standard InChI is InChI=1S/C16H22FN3O3/c1-10(2)7-8-20(4)16(23)15(22)19-14-9-12(18-11(3)21)5-6-13(14)17/h5-6,9-10H,7-8H2,1-4H3,(H,18,21)(H,19,22). The molecule has 0 aromatic heterocycles. The Morgan fingerprint density at radius 1 is 1.22 bits per heavy atom. The van der Waals surface area contributed by atoms with Crippen LogP contribution in [0.15, 0.2) is 18.2 Å². The van der Waals surface area contributed by atoms with Gasteiger partial charge in [-0.2, -0.15) is 0 Å². The van der Waals surface area contributed by atoms with Crippen LogP contribution in [0.25, 0.3) is 0 Å². The third kappa shape index (κ3) is 6.06. The lowest BCUT2D eigenvalue weighted by atomic mass is 10.1. The Kier molecular flexibility index (Phi) is 6.68. The zero-order valence-corrected chi connectivity index (χ0v) is 13.8. The molecule has 0 atom stereocenters. The summed E-state index contributed by atoms with van der Waals surface area (Å²) >= 11 is 0. The number of amides is 3. The van der Waals surface area contributed by atoms with E-state index in [4.69, 9.17) is 0 Å². The van der Waals surface area contributed by atoms with E-state index in [-0.39, 0.29) is 11.6 Å². The Hall–Kier alpha value is -2.44. The van der Waals surface area contributed by atoms with Crippen molar-refractivity contribution in [2.24, 2.45) is 5.92 Å². The van der Waals surface area contributed by atoms with Crippen LogP contribution < -0.4 is 10.6 Å². The summed E-state index contributed by atoms with van der Waals surface area (Å²) in [6.45, 7) is 5.79. The van der Waals surface area contributed by atoms with E-state index in [1.54, 1.807) is 0 Å². The van der Waals surface area contributed by atoms with E-state index in [9.17, 15) is 18.8 Å². The second kappa shape index (κ2) is 8.26. The molecular weight excluding hydrogens is 301 g/mol. The first-order valence-corrected chi connectivity index (χ1v) is 7.34. The molecule has 0 saturated heterocycles. The van der Waals surface area contributed by atoms with Crippen LogP contribution >= 0.6 is 0 Å². The Balaban J connectivity index is 2.76. The van der Waals surface area contributed by atoms with Crippen molar-refractivity contribution in [3.63, 3.8) is 0 Å². The van der Waals surface area contributed by atoms with E-state index in [2.05, 4.69) is 10.6 Å². The predicted octanol–water partition coefficient (Wildman–Crippen LogP) is 2.23. The largest absolute Gasteiger partial charge is 0.337 e. The average Bonchev–Trinajstić information content (AvgIpc) is 2.46. The van der Waals surface area contributed by atoms with Crippen LogP contribution in [0, 0.1) is 11.7 Å². The molecule has 0 aliphatic heterocycles. The first kappa shape index (κ1) is 18.6. The molecule has 0 fully saturated rings. The summed E-state index contributed by atoms with van der Waals surface area (Å²) in [5.41, 5.74) is 0.168. The van der Waals surface area contributed by atoms with Crippen molar-refractivity contribution in [3.8, 4) is 0 Å². The molecule has 0 aliphatic rings. The number of hydrogen-bond acceptors (Lipinski definition) is 3. The predicted molar refractivity (Wildman–Crippen MR) is 86.4 cm³/mol. The number of carbonyl (C=O) groups excluding carboxylic acids is 3. The maximum absolute atomic E-state index is 13.7. The van der Waals surface area contributed by atoms with Gasteiger partial charge in [0, 0.05) is 26.2 Å². The minimum absolute atomic E-state index is 0.160. The number of nitrogens with zero attached hydrogens (tertiary/aromatic N) is 1. The number of anilines is 2. The molecule has 23 heavy (non-hydrogen) atoms. The van der Waals surface area contributed by atoms with Gasteiger partial charge in [0.1, 0.15) is 5.82 Å². The van der Waals surface area contributed by atoms with Gasteiger partial charge in [0.2, 0.25) is 5.91 Å². The van der Waals surface area contributed by atoms with Gasteiger partial charge in [0.25, 0.3) is 0 Å². The fraction of sp³-hybridized carbons (Fsp3) is 0.438. The van der Waals surface area contributed by atoms with Gasteiger partial charge in [-0.15, -0.1) is 0 Å². The van der Waals surface area contributed by atoms with Crippen molar-refractivity contribution >= 4 is 29.1 Å². The Morgan fingerprint density at radius 3 is 2.43 bits per heavy atom. The normalized spacial score (nSPS) is 10.3. The van der Waals surface area contributed by atoms with Crippen molar-refractivity contribution in [1.29, 1.82) is 0 Å². The molecule has 0 unspecified atom stereocenters. The molecule has 0 aliphatic carbocycles. The molecule has 6 nitrogen and oxygen atoms in total. The van der Waals surface area contributed by atoms with Gasteiger partial charge in [0.05, 0.1) is 5.69 Å². The maximum atomic E-state index is 13.7. The summed E-state index contributed by atoms with van der Waals surface area (Å²) in [7, 11) is 1.52. The fourth-order valence-electron chi connectivity index (χ4n) is 1.80. The van der Waals surface area contributed by atoms with Crippen LogP contribution in [-0.4, -0.2) is 36.2 Å². The third-order valence-corrected chi connectivity index (χ3v) is 3.12. The monoisotopic (exact) mass is 323 g/mol. The fourth-order valence-corrected chi connectivity index (χ4v) is 1.80. The van der Waals surface area contributed by atoms with Crippen molar-refractivity contribution in [2.45, 2.75) is 27.2 Å². The van der Waals surface area contributed by atoms with E-state index in [0.29, 0.717) is 18.2 Å². The molecule has 1 aromatic carbocycles. The lowest BCUT2D eigenvalue weighted by molar-refractivity contribution is -0.142. The molecule has 126 valence electrons. The summed E-state index contributed by atoms with van der Waals surface area (Å²) < 4.78 is 13.7. The van der Waals surface area contributed by atoms with Crippen LogP contribution in [0.5, 0.6) is 0 Å². The Morgan fingerprint density at radius 2 is 1.87 bits per heavy atom. The van der Waals surface area contributed by atoms with Gasteiger partial charge < -0.3 is 15.5 Å². The van der Waals surface area contributed by atoms with Gasteiger partial charge in [-0.3, -0.25) is 14.4 Å². The van der Waals surface area contributed by atoms with Crippen LogP contribution in [0.4, 0.5) is 15.8 Å². The lowest BCUT2D eigenvalue weighted by Gasteiger charge is -2.18. The topological polar surface area (TPSA) is 78.5 Å². The second-order valence-electron chi connectivity index (χ2n) is 5.74. The van der Waals surface area contributed by atoms with Crippen LogP contribution in [-0.2, 0) is 14.4 Å². The van der Waals surface area contributed by atoms with Crippen LogP contribution in [0.2, 0.25) is 0 Å². The summed E-state index contributed by atoms with van der Waals surface area (Å²) in [4.78, 5) is 36.2. The van der Waals surface area contributed by atoms with Gasteiger partial charge in [-0.05, 0) is 30.5 Å². The molecule has 0 heterocycles. The highest BCUT2D eigenvalue weighted by atomic mass is 19.1. The molecule has 1 aromatic rings. The molecule has 2 N–H and O–H groups in total. The summed E-state index contributed by atoms with van der Waals surface area (Å²) in [5.74, 6) is -2.27. The Bertz CT molecular complexity index is 602. The number of carbonyl (C=O) groups is 3. The van der Waals surface area contributed by atoms with E-state index in [1.807, 2.05) is 13.8 Å². The van der Waals surface area contributed by atoms with Crippen molar-refractivity contribution in [3.05, 3.63) is 24.0 Å². The number of rotatable bonds is 5. The summed E-state index contributed by atoms with van der Waals surface area (Å²) in [6.07, 6.45) is 0.766. The van der Waals surface area contributed by atoms with Gasteiger partial charge in [0.15, 0.2) is 0 Å². The van der Waals surface area contributed by atoms with E-state index in [1.165, 1.54) is 31.0 Å². The summed E-state index contributed by atoms with van der Waals surface area (Å²) in [5, 5.41) is 4.71. The minimum atomic E-state index is -0.921. The SMILES string of the molecule is CC(=O)Nc1ccc(F)c(NC(=O)C(=O)N(C)CCC(C)C)c1. The smallest absolute Gasteiger partial charge is 0.313 e. The molecule has 0 saturated carbocycles. The zero-order chi connectivity index (χ0) is 17.6. The molecule has 0 bridgehead atoms. The number of likely N-dealkylation sites (N-methyl/N-ethyl adjacent to an activating group) is 1. The quantitative estimate of drug-likeness (QED) is 0.816. The average molecular weight is 323 g/mol. The van der Waals surface area contributed by atoms with Gasteiger partial charge in [-0.1, -0.05) is 13.8 Å². The van der Waals surface area contributed by atoms with Gasteiger partial charge in [-0.25, -0.2) is 4.39 Å². The van der Waals surface area contributed by atoms with E-state index < -0.39 is 17.6 Å². The first-order valence-electron chi connectivity index (χ1n) is 7.34. The van der Waals surface area contributed by atoms with Crippen LogP contribution in [0.1, 0.15) is 27.2 Å². The first-order chi connectivity index (χ1) is 10.7. The summed E-state index contributed by atoms with van der Waals surface area (Å²) in [6, 6.07) is 3.73. The van der Waals surface area contributed by atoms with E-state index in [0.717, 1.165) is 12.5 Å². The highest BCUT2D eigenvalue weighted by Crippen LogP contribution is 2.19. The number of halogens is 1. The lowest BCUT2D eigenvalue weighted by Crippen LogP contribution is -2.38. The van der Waals surface area contributed by atoms with Crippen molar-refractivity contribution < 1.29 is 18.8 Å². The molecule has 0 spiro atoms. The molecule has 1 rings (SSSR count). The van der Waals surface area contributed by atoms with Crippen molar-refractivity contribution in [1.82, 2.24) is 4.90 Å². The van der Waals surface area contributed by atoms with E-state index >= 15 is 0 Å². The third-order valence-electron chi connectivity index (χ3n) is 3.12. The maximum Gasteiger partial charge on any atom is 0.313 e. The molecule has 0 radical (unpaired) electrons. The van der Waals surface area contributed by atoms with Crippen LogP contribution in [0.3, 0.4) is 0 Å². The number of nitrogens with one attached hydrogen (secondary N) is 2. The van der Waals surface area contributed by atoms with Gasteiger partial charge >= 0.3 is 11.8 Å². The zero-order valence-electron chi connectivity index (χ0n) is 13.8. The van der Waals surface area contributed by atoms with Crippen molar-refractivity contribution in [2.75, 3.05) is 24.2 Å². The number of hydrogen-bond donors (Lipinski definition) is 2. The highest BCUT2D eigenvalue weighted by Gasteiger charge is 2.20.